The van der Waals surface area contributed by atoms with E-state index in [9.17, 15) is 14.7 Å². The molecular weight excluding hydrogens is 362 g/mol. The summed E-state index contributed by atoms with van der Waals surface area (Å²) in [5.41, 5.74) is 0.0490. The van der Waals surface area contributed by atoms with Crippen molar-refractivity contribution in [1.82, 2.24) is 4.90 Å². The van der Waals surface area contributed by atoms with Crippen LogP contribution in [0.4, 0.5) is 0 Å². The van der Waals surface area contributed by atoms with Crippen LogP contribution < -0.4 is 0 Å². The normalized spacial score (nSPS) is 15.2. The van der Waals surface area contributed by atoms with Gasteiger partial charge in [0, 0.05) is 17.1 Å². The summed E-state index contributed by atoms with van der Waals surface area (Å²) in [5.74, 6) is -1.04. The van der Waals surface area contributed by atoms with Crippen LogP contribution in [0.25, 0.3) is 0 Å². The topological polar surface area (TPSA) is 66.8 Å². The maximum absolute atomic E-state index is 12.3. The lowest BCUT2D eigenvalue weighted by molar-refractivity contribution is -0.137. The molecule has 5 nitrogen and oxygen atoms in total. The van der Waals surface area contributed by atoms with Crippen molar-refractivity contribution in [2.24, 2.45) is 0 Å². The van der Waals surface area contributed by atoms with Crippen LogP contribution in [0.5, 0.6) is 5.75 Å². The van der Waals surface area contributed by atoms with E-state index >= 15 is 0 Å². The second kappa shape index (κ2) is 8.34. The summed E-state index contributed by atoms with van der Waals surface area (Å²) in [4.78, 5) is 26.2. The zero-order valence-electron chi connectivity index (χ0n) is 13.3. The van der Waals surface area contributed by atoms with Crippen molar-refractivity contribution >= 4 is 27.8 Å². The number of aromatic hydroxyl groups is 1. The molecule has 0 bridgehead atoms. The minimum absolute atomic E-state index is 0.0490. The SMILES string of the molecule is CCN(C(=O)COC(=O)c1cc(Br)ccc1O)C1CCCCC1. The Balaban J connectivity index is 1.94. The number of carbonyl (C=O) groups excluding carboxylic acids is 2. The molecule has 0 heterocycles. The number of halogens is 1. The van der Waals surface area contributed by atoms with Crippen molar-refractivity contribution in [2.45, 2.75) is 45.1 Å². The van der Waals surface area contributed by atoms with E-state index in [1.165, 1.54) is 18.6 Å². The van der Waals surface area contributed by atoms with Crippen molar-refractivity contribution in [3.63, 3.8) is 0 Å². The summed E-state index contributed by atoms with van der Waals surface area (Å²) in [5, 5.41) is 9.71. The van der Waals surface area contributed by atoms with E-state index < -0.39 is 5.97 Å². The average molecular weight is 384 g/mol. The Labute approximate surface area is 144 Å². The molecule has 1 amide bonds. The molecule has 1 saturated carbocycles. The van der Waals surface area contributed by atoms with Crippen molar-refractivity contribution in [1.29, 1.82) is 0 Å². The summed E-state index contributed by atoms with van der Waals surface area (Å²) in [6.45, 7) is 2.26. The lowest BCUT2D eigenvalue weighted by Gasteiger charge is -2.33. The van der Waals surface area contributed by atoms with Gasteiger partial charge in [-0.2, -0.15) is 0 Å². The van der Waals surface area contributed by atoms with E-state index in [1.807, 2.05) is 6.92 Å². The standard InChI is InChI=1S/C17H22BrNO4/c1-2-19(13-6-4-3-5-7-13)16(21)11-23-17(22)14-10-12(18)8-9-15(14)20/h8-10,13,20H,2-7,11H2,1H3. The first kappa shape index (κ1) is 17.8. The molecule has 0 unspecified atom stereocenters. The van der Waals surface area contributed by atoms with Crippen molar-refractivity contribution in [2.75, 3.05) is 13.2 Å². The Kier molecular flexibility index (Phi) is 6.45. The third-order valence-electron chi connectivity index (χ3n) is 4.18. The predicted octanol–water partition coefficient (Wildman–Crippen LogP) is 3.49. The molecule has 6 heteroatoms. The summed E-state index contributed by atoms with van der Waals surface area (Å²) >= 11 is 3.24. The molecule has 0 radical (unpaired) electrons. The van der Waals surface area contributed by atoms with Crippen LogP contribution in [-0.4, -0.2) is 41.1 Å². The lowest BCUT2D eigenvalue weighted by atomic mass is 9.94. The monoisotopic (exact) mass is 383 g/mol. The van der Waals surface area contributed by atoms with E-state index in [-0.39, 0.29) is 29.9 Å². The second-order valence-corrected chi connectivity index (χ2v) is 6.62. The van der Waals surface area contributed by atoms with Gasteiger partial charge >= 0.3 is 5.97 Å². The number of carbonyl (C=O) groups is 2. The highest BCUT2D eigenvalue weighted by atomic mass is 79.9. The molecule has 0 atom stereocenters. The number of rotatable bonds is 5. The molecule has 1 aromatic carbocycles. The van der Waals surface area contributed by atoms with E-state index in [4.69, 9.17) is 4.74 Å². The molecule has 1 aromatic rings. The number of esters is 1. The van der Waals surface area contributed by atoms with Gasteiger partial charge in [0.25, 0.3) is 5.91 Å². The van der Waals surface area contributed by atoms with Gasteiger partial charge in [0.15, 0.2) is 6.61 Å². The first-order valence-electron chi connectivity index (χ1n) is 7.98. The molecule has 1 N–H and O–H groups in total. The maximum atomic E-state index is 12.3. The van der Waals surface area contributed by atoms with Crippen LogP contribution in [0.2, 0.25) is 0 Å². The highest BCUT2D eigenvalue weighted by Crippen LogP contribution is 2.24. The predicted molar refractivity (Wildman–Crippen MR) is 90.3 cm³/mol. The van der Waals surface area contributed by atoms with Crippen molar-refractivity contribution < 1.29 is 19.4 Å². The van der Waals surface area contributed by atoms with Crippen LogP contribution in [-0.2, 0) is 9.53 Å². The number of hydrogen-bond acceptors (Lipinski definition) is 4. The highest BCUT2D eigenvalue weighted by Gasteiger charge is 2.25. The number of ether oxygens (including phenoxy) is 1. The molecule has 1 aliphatic carbocycles. The van der Waals surface area contributed by atoms with E-state index in [0.29, 0.717) is 11.0 Å². The Morgan fingerprint density at radius 3 is 2.65 bits per heavy atom. The number of benzene rings is 1. The summed E-state index contributed by atoms with van der Waals surface area (Å²) in [6.07, 6.45) is 5.53. The summed E-state index contributed by atoms with van der Waals surface area (Å²) in [6, 6.07) is 4.75. The fourth-order valence-electron chi connectivity index (χ4n) is 2.99. The molecule has 2 rings (SSSR count). The van der Waals surface area contributed by atoms with Crippen LogP contribution in [0.15, 0.2) is 22.7 Å². The van der Waals surface area contributed by atoms with Gasteiger partial charge < -0.3 is 14.7 Å². The van der Waals surface area contributed by atoms with Gasteiger partial charge in [0.05, 0.1) is 0 Å². The van der Waals surface area contributed by atoms with Gasteiger partial charge in [-0.15, -0.1) is 0 Å². The highest BCUT2D eigenvalue weighted by molar-refractivity contribution is 9.10. The molecule has 23 heavy (non-hydrogen) atoms. The van der Waals surface area contributed by atoms with Gasteiger partial charge in [-0.1, -0.05) is 35.2 Å². The summed E-state index contributed by atoms with van der Waals surface area (Å²) < 4.78 is 5.75. The number of phenols is 1. The van der Waals surface area contributed by atoms with E-state index in [2.05, 4.69) is 15.9 Å². The molecule has 126 valence electrons. The van der Waals surface area contributed by atoms with Crippen LogP contribution in [0.3, 0.4) is 0 Å². The zero-order valence-corrected chi connectivity index (χ0v) is 14.8. The fraction of sp³-hybridized carbons (Fsp3) is 0.529. The Morgan fingerprint density at radius 2 is 2.00 bits per heavy atom. The molecule has 1 fully saturated rings. The van der Waals surface area contributed by atoms with E-state index in [1.54, 1.807) is 11.0 Å². The minimum Gasteiger partial charge on any atom is -0.507 e. The van der Waals surface area contributed by atoms with Crippen LogP contribution >= 0.6 is 15.9 Å². The average Bonchev–Trinajstić information content (AvgIpc) is 2.56. The van der Waals surface area contributed by atoms with Crippen molar-refractivity contribution in [3.05, 3.63) is 28.2 Å². The molecule has 0 aliphatic heterocycles. The Hall–Kier alpha value is -1.56. The third kappa shape index (κ3) is 4.70. The number of likely N-dealkylation sites (N-methyl/N-ethyl adjacent to an activating group) is 1. The first-order chi connectivity index (χ1) is 11.0. The van der Waals surface area contributed by atoms with Gasteiger partial charge in [-0.05, 0) is 38.0 Å². The van der Waals surface area contributed by atoms with Crippen LogP contribution in [0.1, 0.15) is 49.4 Å². The fourth-order valence-corrected chi connectivity index (χ4v) is 3.35. The molecule has 0 saturated heterocycles. The van der Waals surface area contributed by atoms with Crippen LogP contribution in [0, 0.1) is 0 Å². The smallest absolute Gasteiger partial charge is 0.342 e. The van der Waals surface area contributed by atoms with Gasteiger partial charge in [0.1, 0.15) is 11.3 Å². The quantitative estimate of drug-likeness (QED) is 0.790. The Morgan fingerprint density at radius 1 is 1.30 bits per heavy atom. The lowest BCUT2D eigenvalue weighted by Crippen LogP contribution is -2.43. The van der Waals surface area contributed by atoms with Gasteiger partial charge in [-0.3, -0.25) is 4.79 Å². The van der Waals surface area contributed by atoms with E-state index in [0.717, 1.165) is 25.7 Å². The summed E-state index contributed by atoms with van der Waals surface area (Å²) in [7, 11) is 0. The Bertz CT molecular complexity index is 570. The molecular formula is C17H22BrNO4. The minimum atomic E-state index is -0.697. The third-order valence-corrected chi connectivity index (χ3v) is 4.68. The molecule has 1 aliphatic rings. The van der Waals surface area contributed by atoms with Crippen molar-refractivity contribution in [3.8, 4) is 5.75 Å². The number of hydrogen-bond donors (Lipinski definition) is 1. The number of amides is 1. The first-order valence-corrected chi connectivity index (χ1v) is 8.77. The van der Waals surface area contributed by atoms with Gasteiger partial charge in [0.2, 0.25) is 0 Å². The second-order valence-electron chi connectivity index (χ2n) is 5.71. The number of phenolic OH excluding ortho intramolecular Hbond substituents is 1. The largest absolute Gasteiger partial charge is 0.507 e. The number of nitrogens with zero attached hydrogens (tertiary/aromatic N) is 1. The maximum Gasteiger partial charge on any atom is 0.342 e. The van der Waals surface area contributed by atoms with Gasteiger partial charge in [-0.25, -0.2) is 4.79 Å². The molecule has 0 aromatic heterocycles. The molecule has 0 spiro atoms. The zero-order chi connectivity index (χ0) is 16.8.